The Kier molecular flexibility index (Phi) is 4.42. The maximum atomic E-state index is 12.2. The Morgan fingerprint density at radius 1 is 1.32 bits per heavy atom. The van der Waals surface area contributed by atoms with Gasteiger partial charge in [0, 0.05) is 19.6 Å². The fourth-order valence-corrected chi connectivity index (χ4v) is 2.83. The molecule has 3 N–H and O–H groups in total. The van der Waals surface area contributed by atoms with Crippen LogP contribution < -0.4 is 10.6 Å². The number of fused-ring (bicyclic) bond motifs is 1. The van der Waals surface area contributed by atoms with Crippen molar-refractivity contribution in [2.75, 3.05) is 19.7 Å². The van der Waals surface area contributed by atoms with Gasteiger partial charge >= 0.3 is 0 Å². The van der Waals surface area contributed by atoms with Crippen LogP contribution in [0.25, 0.3) is 0 Å². The van der Waals surface area contributed by atoms with Crippen molar-refractivity contribution in [2.24, 2.45) is 11.8 Å². The van der Waals surface area contributed by atoms with Crippen LogP contribution in [0.4, 0.5) is 0 Å². The Morgan fingerprint density at radius 3 is 2.86 bits per heavy atom. The quantitative estimate of drug-likeness (QED) is 0.672. The lowest BCUT2D eigenvalue weighted by Crippen LogP contribution is -2.37. The zero-order valence-electron chi connectivity index (χ0n) is 12.5. The van der Waals surface area contributed by atoms with Crippen LogP contribution in [0.2, 0.25) is 0 Å². The van der Waals surface area contributed by atoms with Crippen LogP contribution in [0.1, 0.15) is 35.4 Å². The lowest BCUT2D eigenvalue weighted by Gasteiger charge is -2.24. The molecule has 1 aliphatic carbocycles. The number of rotatable bonds is 6. The van der Waals surface area contributed by atoms with Gasteiger partial charge in [-0.1, -0.05) is 0 Å². The van der Waals surface area contributed by atoms with E-state index < -0.39 is 0 Å². The van der Waals surface area contributed by atoms with Crippen molar-refractivity contribution in [2.45, 2.75) is 32.2 Å². The second kappa shape index (κ2) is 6.48. The predicted molar refractivity (Wildman–Crippen MR) is 79.2 cm³/mol. The second-order valence-electron chi connectivity index (χ2n) is 6.10. The van der Waals surface area contributed by atoms with Gasteiger partial charge in [0.1, 0.15) is 5.69 Å². The second-order valence-corrected chi connectivity index (χ2v) is 6.10. The first-order valence-corrected chi connectivity index (χ1v) is 7.89. The predicted octanol–water partition coefficient (Wildman–Crippen LogP) is -0.306. The summed E-state index contributed by atoms with van der Waals surface area (Å²) in [6, 6.07) is 0. The zero-order chi connectivity index (χ0) is 15.5. The highest BCUT2D eigenvalue weighted by Gasteiger charge is 2.29. The normalized spacial score (nSPS) is 20.3. The fraction of sp³-hybridized carbons (Fsp3) is 0.667. The first kappa shape index (κ1) is 15.0. The average Bonchev–Trinajstić information content (AvgIpc) is 3.27. The number of imidazole rings is 1. The molecular formula is C15H22N4O3. The number of aliphatic hydroxyl groups excluding tert-OH is 1. The standard InChI is InChI=1S/C15H22N4O3/c20-6-5-16-15(22)13-12-4-3-11(8-19(12)9-18-13)14(21)17-7-10-1-2-10/h9-11,20H,1-8H2,(H,16,22)(H,17,21). The van der Waals surface area contributed by atoms with Crippen LogP contribution in [0.3, 0.4) is 0 Å². The Bertz CT molecular complexity index is 565. The van der Waals surface area contributed by atoms with E-state index in [1.807, 2.05) is 4.57 Å². The molecular weight excluding hydrogens is 284 g/mol. The minimum Gasteiger partial charge on any atom is -0.395 e. The van der Waals surface area contributed by atoms with Crippen LogP contribution in [-0.2, 0) is 17.8 Å². The third-order valence-electron chi connectivity index (χ3n) is 4.34. The van der Waals surface area contributed by atoms with Crippen molar-refractivity contribution in [3.63, 3.8) is 0 Å². The van der Waals surface area contributed by atoms with E-state index in [0.717, 1.165) is 18.7 Å². The summed E-state index contributed by atoms with van der Waals surface area (Å²) in [5.74, 6) is 0.476. The Hall–Kier alpha value is -1.89. The number of hydrogen-bond acceptors (Lipinski definition) is 4. The minimum atomic E-state index is -0.264. The van der Waals surface area contributed by atoms with Gasteiger partial charge in [0.25, 0.3) is 5.91 Å². The molecule has 1 fully saturated rings. The molecule has 2 heterocycles. The number of aromatic nitrogens is 2. The highest BCUT2D eigenvalue weighted by Crippen LogP contribution is 2.28. The number of amides is 2. The van der Waals surface area contributed by atoms with Crippen molar-refractivity contribution < 1.29 is 14.7 Å². The molecule has 1 saturated carbocycles. The third-order valence-corrected chi connectivity index (χ3v) is 4.34. The molecule has 120 valence electrons. The van der Waals surface area contributed by atoms with Gasteiger partial charge in [-0.25, -0.2) is 4.98 Å². The van der Waals surface area contributed by atoms with Crippen molar-refractivity contribution in [1.82, 2.24) is 20.2 Å². The van der Waals surface area contributed by atoms with Crippen molar-refractivity contribution in [3.05, 3.63) is 17.7 Å². The van der Waals surface area contributed by atoms with Gasteiger partial charge in [-0.15, -0.1) is 0 Å². The first-order valence-electron chi connectivity index (χ1n) is 7.89. The number of hydrogen-bond donors (Lipinski definition) is 3. The van der Waals surface area contributed by atoms with Gasteiger partial charge < -0.3 is 20.3 Å². The van der Waals surface area contributed by atoms with Crippen molar-refractivity contribution >= 4 is 11.8 Å². The summed E-state index contributed by atoms with van der Waals surface area (Å²) in [5.41, 5.74) is 1.28. The van der Waals surface area contributed by atoms with Gasteiger partial charge in [-0.05, 0) is 31.6 Å². The lowest BCUT2D eigenvalue weighted by molar-refractivity contribution is -0.126. The molecule has 7 heteroatoms. The highest BCUT2D eigenvalue weighted by atomic mass is 16.3. The van der Waals surface area contributed by atoms with E-state index in [-0.39, 0.29) is 30.9 Å². The van der Waals surface area contributed by atoms with Crippen LogP contribution in [0, 0.1) is 11.8 Å². The molecule has 1 aromatic heterocycles. The number of carbonyl (C=O) groups excluding carboxylic acids is 2. The number of nitrogens with zero attached hydrogens (tertiary/aromatic N) is 2. The van der Waals surface area contributed by atoms with Gasteiger partial charge in [-0.3, -0.25) is 9.59 Å². The van der Waals surface area contributed by atoms with Crippen molar-refractivity contribution in [3.8, 4) is 0 Å². The van der Waals surface area contributed by atoms with Crippen LogP contribution >= 0.6 is 0 Å². The van der Waals surface area contributed by atoms with E-state index in [1.54, 1.807) is 6.33 Å². The van der Waals surface area contributed by atoms with E-state index in [9.17, 15) is 9.59 Å². The molecule has 0 radical (unpaired) electrons. The molecule has 2 amide bonds. The van der Waals surface area contributed by atoms with Gasteiger partial charge in [-0.2, -0.15) is 0 Å². The molecule has 7 nitrogen and oxygen atoms in total. The van der Waals surface area contributed by atoms with Gasteiger partial charge in [0.15, 0.2) is 0 Å². The molecule has 0 spiro atoms. The maximum absolute atomic E-state index is 12.2. The summed E-state index contributed by atoms with van der Waals surface area (Å²) in [5, 5.41) is 14.4. The molecule has 1 aromatic rings. The molecule has 0 saturated heterocycles. The van der Waals surface area contributed by atoms with E-state index >= 15 is 0 Å². The summed E-state index contributed by atoms with van der Waals surface area (Å²) in [4.78, 5) is 28.3. The van der Waals surface area contributed by atoms with E-state index in [4.69, 9.17) is 5.11 Å². The van der Waals surface area contributed by atoms with Gasteiger partial charge in [0.2, 0.25) is 5.91 Å². The monoisotopic (exact) mass is 306 g/mol. The van der Waals surface area contributed by atoms with Gasteiger partial charge in [0.05, 0.1) is 24.5 Å². The van der Waals surface area contributed by atoms with Crippen LogP contribution in [0.15, 0.2) is 6.33 Å². The largest absolute Gasteiger partial charge is 0.395 e. The van der Waals surface area contributed by atoms with E-state index in [1.165, 1.54) is 12.8 Å². The summed E-state index contributed by atoms with van der Waals surface area (Å²) in [7, 11) is 0. The lowest BCUT2D eigenvalue weighted by atomic mass is 9.96. The van der Waals surface area contributed by atoms with E-state index in [0.29, 0.717) is 24.6 Å². The summed E-state index contributed by atoms with van der Waals surface area (Å²) in [6.45, 7) is 1.50. The van der Waals surface area contributed by atoms with E-state index in [2.05, 4.69) is 15.6 Å². The molecule has 1 unspecified atom stereocenters. The smallest absolute Gasteiger partial charge is 0.271 e. The summed E-state index contributed by atoms with van der Waals surface area (Å²) in [6.07, 6.45) is 5.49. The highest BCUT2D eigenvalue weighted by molar-refractivity contribution is 5.93. The Labute approximate surface area is 129 Å². The molecule has 0 bridgehead atoms. The Morgan fingerprint density at radius 2 is 2.14 bits per heavy atom. The zero-order valence-corrected chi connectivity index (χ0v) is 12.5. The van der Waals surface area contributed by atoms with Crippen molar-refractivity contribution in [1.29, 1.82) is 0 Å². The number of aliphatic hydroxyl groups is 1. The Balaban J connectivity index is 1.60. The maximum Gasteiger partial charge on any atom is 0.271 e. The molecule has 22 heavy (non-hydrogen) atoms. The third kappa shape index (κ3) is 3.30. The first-order chi connectivity index (χ1) is 10.7. The topological polar surface area (TPSA) is 96.2 Å². The van der Waals surface area contributed by atoms with Crippen LogP contribution in [0.5, 0.6) is 0 Å². The van der Waals surface area contributed by atoms with Crippen LogP contribution in [-0.4, -0.2) is 46.2 Å². The molecule has 3 rings (SSSR count). The fourth-order valence-electron chi connectivity index (χ4n) is 2.83. The molecule has 1 aliphatic heterocycles. The number of nitrogens with one attached hydrogen (secondary N) is 2. The molecule has 2 aliphatic rings. The summed E-state index contributed by atoms with van der Waals surface area (Å²) < 4.78 is 1.90. The molecule has 0 aromatic carbocycles. The summed E-state index contributed by atoms with van der Waals surface area (Å²) >= 11 is 0. The minimum absolute atomic E-state index is 0.0474. The molecule has 1 atom stereocenters. The average molecular weight is 306 g/mol. The number of carbonyl (C=O) groups is 2. The SMILES string of the molecule is O=C(NCCO)c1ncn2c1CCC(C(=O)NCC1CC1)C2.